The number of hydrogen-bond acceptors (Lipinski definition) is 3. The maximum absolute atomic E-state index is 13.5. The predicted molar refractivity (Wildman–Crippen MR) is 104 cm³/mol. The fourth-order valence-corrected chi connectivity index (χ4v) is 4.43. The molecule has 2 aliphatic rings. The summed E-state index contributed by atoms with van der Waals surface area (Å²) in [5.74, 6) is -1.21. The van der Waals surface area contributed by atoms with Crippen molar-refractivity contribution in [2.45, 2.75) is 37.3 Å². The second-order valence-corrected chi connectivity index (χ2v) is 7.28. The van der Waals surface area contributed by atoms with Crippen molar-refractivity contribution in [2.75, 3.05) is 6.61 Å². The van der Waals surface area contributed by atoms with Gasteiger partial charge in [0.2, 0.25) is 0 Å². The molecule has 0 aromatic heterocycles. The number of amides is 1. The number of allylic oxidation sites excluding steroid dienone is 2. The van der Waals surface area contributed by atoms with E-state index in [0.29, 0.717) is 0 Å². The molecule has 1 fully saturated rings. The summed E-state index contributed by atoms with van der Waals surface area (Å²) >= 11 is 0. The van der Waals surface area contributed by atoms with Crippen LogP contribution in [0.2, 0.25) is 0 Å². The van der Waals surface area contributed by atoms with Gasteiger partial charge in [0.15, 0.2) is 0 Å². The van der Waals surface area contributed by atoms with E-state index < -0.39 is 23.8 Å². The first kappa shape index (κ1) is 18.4. The van der Waals surface area contributed by atoms with Crippen molar-refractivity contribution in [2.24, 2.45) is 0 Å². The molecule has 1 aliphatic carbocycles. The zero-order valence-electron chi connectivity index (χ0n) is 15.4. The van der Waals surface area contributed by atoms with Crippen LogP contribution < -0.4 is 0 Å². The molecule has 0 radical (unpaired) electrons. The number of benzene rings is 2. The summed E-state index contributed by atoms with van der Waals surface area (Å²) in [6.07, 6.45) is 5.38. The van der Waals surface area contributed by atoms with Crippen LogP contribution in [-0.2, 0) is 0 Å². The minimum absolute atomic E-state index is 0.184. The average molecular weight is 376 g/mol. The van der Waals surface area contributed by atoms with Gasteiger partial charge in [0.1, 0.15) is 11.9 Å². The summed E-state index contributed by atoms with van der Waals surface area (Å²) in [6, 6.07) is 14.4. The van der Waals surface area contributed by atoms with Gasteiger partial charge in [-0.05, 0) is 54.2 Å². The van der Waals surface area contributed by atoms with E-state index in [4.69, 9.17) is 0 Å². The van der Waals surface area contributed by atoms with E-state index in [1.54, 1.807) is 0 Å². The zero-order chi connectivity index (χ0) is 19.7. The van der Waals surface area contributed by atoms with Crippen LogP contribution in [0.5, 0.6) is 0 Å². The molecule has 1 heterocycles. The lowest BCUT2D eigenvalue weighted by Gasteiger charge is -2.52. The zero-order valence-corrected chi connectivity index (χ0v) is 15.4. The summed E-state index contributed by atoms with van der Waals surface area (Å²) < 4.78 is 13.5. The van der Waals surface area contributed by atoms with Crippen molar-refractivity contribution >= 4 is 11.5 Å². The monoisotopic (exact) mass is 376 g/mol. The molecule has 1 saturated heterocycles. The lowest BCUT2D eigenvalue weighted by Crippen LogP contribution is -2.65. The topological polar surface area (TPSA) is 64.3 Å². The molecular weight excluding hydrogens is 355 g/mol. The Bertz CT molecular complexity index is 979. The highest BCUT2D eigenvalue weighted by molar-refractivity contribution is 5.96. The molecule has 0 saturated carbocycles. The molecular formula is C23H21FN2O2. The number of likely N-dealkylation sites (tertiary alicyclic amines) is 1. The highest BCUT2D eigenvalue weighted by Gasteiger charge is 2.52. The summed E-state index contributed by atoms with van der Waals surface area (Å²) in [4.78, 5) is 14.3. The van der Waals surface area contributed by atoms with Gasteiger partial charge in [-0.3, -0.25) is 4.79 Å². The van der Waals surface area contributed by atoms with Gasteiger partial charge in [0, 0.05) is 11.5 Å². The third-order valence-electron chi connectivity index (χ3n) is 5.74. The maximum atomic E-state index is 13.5. The first-order chi connectivity index (χ1) is 13.7. The quantitative estimate of drug-likeness (QED) is 0.881. The van der Waals surface area contributed by atoms with Crippen molar-refractivity contribution in [3.05, 3.63) is 77.1 Å². The average Bonchev–Trinajstić information content (AvgIpc) is 3.23. The molecule has 2 aromatic carbocycles. The Hall–Kier alpha value is -2.97. The van der Waals surface area contributed by atoms with Crippen molar-refractivity contribution in [3.63, 3.8) is 0 Å². The Kier molecular flexibility index (Phi) is 4.97. The molecule has 5 heteroatoms. The van der Waals surface area contributed by atoms with E-state index in [2.05, 4.69) is 12.1 Å². The van der Waals surface area contributed by atoms with E-state index in [0.717, 1.165) is 36.5 Å². The van der Waals surface area contributed by atoms with E-state index in [1.165, 1.54) is 28.7 Å². The van der Waals surface area contributed by atoms with Gasteiger partial charge in [0.25, 0.3) is 5.91 Å². The number of rotatable bonds is 4. The Balaban J connectivity index is 1.69. The minimum atomic E-state index is -0.698. The molecule has 3 atom stereocenters. The highest BCUT2D eigenvalue weighted by atomic mass is 19.1. The van der Waals surface area contributed by atoms with Crippen LogP contribution in [0.25, 0.3) is 5.57 Å². The summed E-state index contributed by atoms with van der Waals surface area (Å²) in [6.45, 7) is -0.253. The van der Waals surface area contributed by atoms with Gasteiger partial charge in [-0.1, -0.05) is 36.4 Å². The standard InChI is InChI=1S/C23H21FN2O2/c24-17-9-5-8-16(12-17)23(28)26-20(13-25)22(21(26)14-27)19-11-4-3-10-18(19)15-6-1-2-7-15/h3-6,8-12,20-22,27H,1-2,7,14H2/t20-,21-,22+/m1/s1. The number of carbonyl (C=O) groups excluding carboxylic acids is 1. The van der Waals surface area contributed by atoms with Gasteiger partial charge in [0.05, 0.1) is 18.7 Å². The Morgan fingerprint density at radius 1 is 1.25 bits per heavy atom. The van der Waals surface area contributed by atoms with Crippen LogP contribution in [0.15, 0.2) is 54.6 Å². The number of nitriles is 1. The number of carbonyl (C=O) groups is 1. The largest absolute Gasteiger partial charge is 0.394 e. The van der Waals surface area contributed by atoms with Crippen LogP contribution >= 0.6 is 0 Å². The molecule has 4 nitrogen and oxygen atoms in total. The lowest BCUT2D eigenvalue weighted by atomic mass is 9.73. The molecule has 1 N–H and O–H groups in total. The van der Waals surface area contributed by atoms with Crippen LogP contribution in [0.1, 0.15) is 46.7 Å². The number of aliphatic hydroxyl groups is 1. The number of nitrogens with zero attached hydrogens (tertiary/aromatic N) is 2. The highest BCUT2D eigenvalue weighted by Crippen LogP contribution is 2.44. The Morgan fingerprint density at radius 2 is 2.07 bits per heavy atom. The fraction of sp³-hybridized carbons (Fsp3) is 0.304. The molecule has 1 aliphatic heterocycles. The van der Waals surface area contributed by atoms with E-state index in [9.17, 15) is 19.6 Å². The SMILES string of the molecule is N#C[C@@H]1[C@H](c2ccccc2C2=CCCC2)[C@@H](CO)N1C(=O)c1cccc(F)c1. The predicted octanol–water partition coefficient (Wildman–Crippen LogP) is 3.89. The van der Waals surface area contributed by atoms with Crippen LogP contribution in [0.3, 0.4) is 0 Å². The first-order valence-corrected chi connectivity index (χ1v) is 9.52. The van der Waals surface area contributed by atoms with Crippen LogP contribution in [0, 0.1) is 17.1 Å². The molecule has 142 valence electrons. The number of hydrogen-bond donors (Lipinski definition) is 1. The Morgan fingerprint density at radius 3 is 2.75 bits per heavy atom. The van der Waals surface area contributed by atoms with Crippen molar-refractivity contribution in [3.8, 4) is 6.07 Å². The summed E-state index contributed by atoms with van der Waals surface area (Å²) in [5, 5.41) is 19.8. The van der Waals surface area contributed by atoms with Crippen molar-refractivity contribution < 1.29 is 14.3 Å². The second kappa shape index (κ2) is 7.57. The first-order valence-electron chi connectivity index (χ1n) is 9.52. The second-order valence-electron chi connectivity index (χ2n) is 7.28. The van der Waals surface area contributed by atoms with Gasteiger partial charge in [-0.15, -0.1) is 0 Å². The van der Waals surface area contributed by atoms with Crippen LogP contribution in [-0.4, -0.2) is 34.6 Å². The van der Waals surface area contributed by atoms with E-state index in [-0.39, 0.29) is 18.1 Å². The van der Waals surface area contributed by atoms with Gasteiger partial charge in [-0.25, -0.2) is 4.39 Å². The molecule has 28 heavy (non-hydrogen) atoms. The van der Waals surface area contributed by atoms with Gasteiger partial charge < -0.3 is 10.0 Å². The van der Waals surface area contributed by atoms with E-state index >= 15 is 0 Å². The smallest absolute Gasteiger partial charge is 0.255 e. The molecule has 2 aromatic rings. The van der Waals surface area contributed by atoms with E-state index in [1.807, 2.05) is 24.3 Å². The third kappa shape index (κ3) is 3.00. The summed E-state index contributed by atoms with van der Waals surface area (Å²) in [5.41, 5.74) is 3.54. The van der Waals surface area contributed by atoms with Crippen molar-refractivity contribution in [1.29, 1.82) is 5.26 Å². The van der Waals surface area contributed by atoms with Crippen molar-refractivity contribution in [1.82, 2.24) is 4.90 Å². The number of halogens is 1. The Labute approximate surface area is 163 Å². The van der Waals surface area contributed by atoms with Gasteiger partial charge in [-0.2, -0.15) is 5.26 Å². The van der Waals surface area contributed by atoms with Gasteiger partial charge >= 0.3 is 0 Å². The maximum Gasteiger partial charge on any atom is 0.255 e. The molecule has 0 unspecified atom stereocenters. The fourth-order valence-electron chi connectivity index (χ4n) is 4.43. The molecule has 0 bridgehead atoms. The van der Waals surface area contributed by atoms with Crippen LogP contribution in [0.4, 0.5) is 4.39 Å². The number of aliphatic hydroxyl groups excluding tert-OH is 1. The molecule has 0 spiro atoms. The lowest BCUT2D eigenvalue weighted by molar-refractivity contribution is -0.00595. The summed E-state index contributed by atoms with van der Waals surface area (Å²) in [7, 11) is 0. The normalized spacial score (nSPS) is 23.7. The molecule has 4 rings (SSSR count). The molecule has 1 amide bonds. The minimum Gasteiger partial charge on any atom is -0.394 e. The third-order valence-corrected chi connectivity index (χ3v) is 5.74.